The van der Waals surface area contributed by atoms with E-state index in [1.54, 1.807) is 13.2 Å². The van der Waals surface area contributed by atoms with Gasteiger partial charge in [0.2, 0.25) is 0 Å². The Bertz CT molecular complexity index is 1010. The number of benzene rings is 2. The lowest BCUT2D eigenvalue weighted by molar-refractivity contribution is -0.137. The third-order valence-electron chi connectivity index (χ3n) is 5.41. The first-order chi connectivity index (χ1) is 13.8. The van der Waals surface area contributed by atoms with Crippen molar-refractivity contribution in [3.63, 3.8) is 0 Å². The molecule has 154 valence electrons. The molecule has 0 fully saturated rings. The lowest BCUT2D eigenvalue weighted by atomic mass is 10.0. The maximum absolute atomic E-state index is 12.9. The minimum Gasteiger partial charge on any atom is -0.497 e. The monoisotopic (exact) mass is 405 g/mol. The molecule has 2 heterocycles. The van der Waals surface area contributed by atoms with Crippen LogP contribution in [0.3, 0.4) is 0 Å². The number of alkyl halides is 3. The highest BCUT2D eigenvalue weighted by molar-refractivity contribution is 5.78. The maximum Gasteiger partial charge on any atom is 0.416 e. The molecule has 1 aliphatic heterocycles. The highest BCUT2D eigenvalue weighted by Gasteiger charge is 2.30. The smallest absolute Gasteiger partial charge is 0.416 e. The second kappa shape index (κ2) is 7.72. The number of fused-ring (bicyclic) bond motifs is 2. The van der Waals surface area contributed by atoms with Gasteiger partial charge in [-0.2, -0.15) is 13.2 Å². The molecule has 1 atom stereocenters. The molecule has 2 aromatic carbocycles. The molecule has 0 spiro atoms. The maximum atomic E-state index is 12.9. The number of halogens is 3. The molecule has 29 heavy (non-hydrogen) atoms. The van der Waals surface area contributed by atoms with Gasteiger partial charge in [-0.3, -0.25) is 4.90 Å². The van der Waals surface area contributed by atoms with Crippen LogP contribution >= 0.6 is 0 Å². The van der Waals surface area contributed by atoms with Crippen LogP contribution in [-0.4, -0.2) is 36.8 Å². The van der Waals surface area contributed by atoms with Gasteiger partial charge in [0.05, 0.1) is 18.8 Å². The predicted octanol–water partition coefficient (Wildman–Crippen LogP) is 4.59. The van der Waals surface area contributed by atoms with Crippen LogP contribution in [0.1, 0.15) is 28.6 Å². The van der Waals surface area contributed by atoms with Crippen LogP contribution in [0.15, 0.2) is 46.9 Å². The van der Waals surface area contributed by atoms with Gasteiger partial charge in [0, 0.05) is 31.4 Å². The summed E-state index contributed by atoms with van der Waals surface area (Å²) in [7, 11) is 1.62. The summed E-state index contributed by atoms with van der Waals surface area (Å²) in [6.45, 7) is 1.92. The zero-order valence-corrected chi connectivity index (χ0v) is 16.0. The Morgan fingerprint density at radius 2 is 2.00 bits per heavy atom. The van der Waals surface area contributed by atoms with E-state index in [-0.39, 0.29) is 0 Å². The average molecular weight is 405 g/mol. The SMILES string of the molecule is COc1ccc2c(c1)CCN(CCc1cc3cc(C(F)(F)F)ccc3o1)CC2O. The van der Waals surface area contributed by atoms with E-state index < -0.39 is 17.8 Å². The molecular formula is C22H22F3NO3. The summed E-state index contributed by atoms with van der Waals surface area (Å²) >= 11 is 0. The van der Waals surface area contributed by atoms with Gasteiger partial charge in [0.1, 0.15) is 17.1 Å². The van der Waals surface area contributed by atoms with Gasteiger partial charge in [0.15, 0.2) is 0 Å². The first-order valence-electron chi connectivity index (χ1n) is 9.50. The number of methoxy groups -OCH3 is 1. The number of β-amino-alcohol motifs (C(OH)–C–C–N with tert-alkyl or cyclic N) is 1. The van der Waals surface area contributed by atoms with Crippen molar-refractivity contribution in [3.05, 3.63) is 64.9 Å². The molecule has 1 unspecified atom stereocenters. The van der Waals surface area contributed by atoms with Crippen LogP contribution in [0.2, 0.25) is 0 Å². The van der Waals surface area contributed by atoms with Crippen LogP contribution < -0.4 is 4.74 Å². The van der Waals surface area contributed by atoms with Crippen molar-refractivity contribution in [2.24, 2.45) is 0 Å². The number of hydrogen-bond donors (Lipinski definition) is 1. The average Bonchev–Trinajstić information content (AvgIpc) is 3.03. The number of aliphatic hydroxyl groups excluding tert-OH is 1. The van der Waals surface area contributed by atoms with E-state index in [0.29, 0.717) is 36.2 Å². The van der Waals surface area contributed by atoms with Gasteiger partial charge < -0.3 is 14.3 Å². The van der Waals surface area contributed by atoms with Crippen molar-refractivity contribution in [2.75, 3.05) is 26.7 Å². The summed E-state index contributed by atoms with van der Waals surface area (Å²) in [6, 6.07) is 10.9. The number of hydrogen-bond acceptors (Lipinski definition) is 4. The Morgan fingerprint density at radius 1 is 1.17 bits per heavy atom. The van der Waals surface area contributed by atoms with E-state index in [0.717, 1.165) is 42.0 Å². The van der Waals surface area contributed by atoms with Crippen molar-refractivity contribution < 1.29 is 27.4 Å². The first-order valence-corrected chi connectivity index (χ1v) is 9.50. The summed E-state index contributed by atoms with van der Waals surface area (Å²) in [4.78, 5) is 2.14. The third-order valence-corrected chi connectivity index (χ3v) is 5.41. The lowest BCUT2D eigenvalue weighted by Gasteiger charge is -2.21. The fourth-order valence-corrected chi connectivity index (χ4v) is 3.83. The lowest BCUT2D eigenvalue weighted by Crippen LogP contribution is -2.30. The van der Waals surface area contributed by atoms with Crippen molar-refractivity contribution in [3.8, 4) is 5.75 Å². The van der Waals surface area contributed by atoms with E-state index >= 15 is 0 Å². The van der Waals surface area contributed by atoms with E-state index in [2.05, 4.69) is 4.90 Å². The molecule has 1 aromatic heterocycles. The minimum atomic E-state index is -4.37. The molecule has 0 radical (unpaired) electrons. The van der Waals surface area contributed by atoms with Crippen LogP contribution in [0.25, 0.3) is 11.0 Å². The van der Waals surface area contributed by atoms with Crippen molar-refractivity contribution in [1.82, 2.24) is 4.90 Å². The molecule has 1 aliphatic rings. The molecule has 0 aliphatic carbocycles. The fraction of sp³-hybridized carbons (Fsp3) is 0.364. The highest BCUT2D eigenvalue weighted by atomic mass is 19.4. The van der Waals surface area contributed by atoms with Crippen LogP contribution in [-0.2, 0) is 19.0 Å². The second-order valence-electron chi connectivity index (χ2n) is 7.34. The summed E-state index contributed by atoms with van der Waals surface area (Å²) in [5.74, 6) is 1.40. The topological polar surface area (TPSA) is 45.8 Å². The number of ether oxygens (including phenoxy) is 1. The molecule has 0 bridgehead atoms. The number of rotatable bonds is 4. The summed E-state index contributed by atoms with van der Waals surface area (Å²) in [5.41, 5.74) is 1.75. The van der Waals surface area contributed by atoms with Gasteiger partial charge in [-0.15, -0.1) is 0 Å². The van der Waals surface area contributed by atoms with Gasteiger partial charge in [0.25, 0.3) is 0 Å². The Labute approximate surface area is 166 Å². The van der Waals surface area contributed by atoms with E-state index in [9.17, 15) is 18.3 Å². The molecule has 3 aromatic rings. The summed E-state index contributed by atoms with van der Waals surface area (Å²) < 4.78 is 49.6. The summed E-state index contributed by atoms with van der Waals surface area (Å²) in [6.07, 6.45) is -3.62. The van der Waals surface area contributed by atoms with Gasteiger partial charge in [-0.25, -0.2) is 0 Å². The standard InChI is InChI=1S/C22H22F3NO3/c1-28-17-3-4-19-14(11-17)6-8-26(13-20(19)27)9-7-18-12-15-10-16(22(23,24)25)2-5-21(15)29-18/h2-5,10-12,20,27H,6-9,13H2,1H3. The minimum absolute atomic E-state index is 0.448. The predicted molar refractivity (Wildman–Crippen MR) is 103 cm³/mol. The molecule has 4 nitrogen and oxygen atoms in total. The molecule has 0 amide bonds. The van der Waals surface area contributed by atoms with Crippen LogP contribution in [0, 0.1) is 0 Å². The first kappa shape index (κ1) is 19.8. The van der Waals surface area contributed by atoms with E-state index in [4.69, 9.17) is 9.15 Å². The van der Waals surface area contributed by atoms with E-state index in [1.165, 1.54) is 6.07 Å². The Kier molecular flexibility index (Phi) is 5.27. The quantitative estimate of drug-likeness (QED) is 0.690. The molecular weight excluding hydrogens is 383 g/mol. The largest absolute Gasteiger partial charge is 0.497 e. The van der Waals surface area contributed by atoms with Crippen molar-refractivity contribution >= 4 is 11.0 Å². The van der Waals surface area contributed by atoms with Gasteiger partial charge >= 0.3 is 6.18 Å². The fourth-order valence-electron chi connectivity index (χ4n) is 3.83. The molecule has 0 saturated heterocycles. The number of furan rings is 1. The van der Waals surface area contributed by atoms with E-state index in [1.807, 2.05) is 18.2 Å². The van der Waals surface area contributed by atoms with Crippen molar-refractivity contribution in [1.29, 1.82) is 0 Å². The van der Waals surface area contributed by atoms with Crippen LogP contribution in [0.4, 0.5) is 13.2 Å². The zero-order valence-electron chi connectivity index (χ0n) is 16.0. The second-order valence-corrected chi connectivity index (χ2v) is 7.34. The number of nitrogens with zero attached hydrogens (tertiary/aromatic N) is 1. The highest BCUT2D eigenvalue weighted by Crippen LogP contribution is 2.32. The normalized spacial score (nSPS) is 17.9. The Morgan fingerprint density at radius 3 is 2.76 bits per heavy atom. The molecule has 7 heteroatoms. The van der Waals surface area contributed by atoms with Crippen molar-refractivity contribution in [2.45, 2.75) is 25.1 Å². The third kappa shape index (κ3) is 4.26. The van der Waals surface area contributed by atoms with Gasteiger partial charge in [-0.05, 0) is 53.9 Å². The zero-order chi connectivity index (χ0) is 20.6. The number of aliphatic hydroxyl groups is 1. The Hall–Kier alpha value is -2.51. The van der Waals surface area contributed by atoms with Gasteiger partial charge in [-0.1, -0.05) is 6.07 Å². The Balaban J connectivity index is 1.44. The van der Waals surface area contributed by atoms with Crippen LogP contribution in [0.5, 0.6) is 5.75 Å². The summed E-state index contributed by atoms with van der Waals surface area (Å²) in [5, 5.41) is 11.0. The molecule has 1 N–H and O–H groups in total. The molecule has 4 rings (SSSR count). The molecule has 0 saturated carbocycles.